The van der Waals surface area contributed by atoms with E-state index in [9.17, 15) is 0 Å². The Bertz CT molecular complexity index is 507. The summed E-state index contributed by atoms with van der Waals surface area (Å²) in [4.78, 5) is 0. The van der Waals surface area contributed by atoms with Gasteiger partial charge in [0.05, 0.1) is 28.0 Å². The molecule has 0 spiro atoms. The normalized spacial score (nSPS) is 10.6. The van der Waals surface area contributed by atoms with Crippen LogP contribution in [0.2, 0.25) is 10.0 Å². The van der Waals surface area contributed by atoms with Crippen molar-refractivity contribution in [1.82, 2.24) is 0 Å². The van der Waals surface area contributed by atoms with Crippen molar-refractivity contribution in [3.05, 3.63) is 51.9 Å². The highest BCUT2D eigenvalue weighted by molar-refractivity contribution is 7.97. The van der Waals surface area contributed by atoms with Crippen LogP contribution >= 0.6 is 35.0 Å². The summed E-state index contributed by atoms with van der Waals surface area (Å²) in [5, 5.41) is 4.41. The highest BCUT2D eigenvalue weighted by Gasteiger charge is 2.06. The van der Waals surface area contributed by atoms with E-state index in [1.54, 1.807) is 23.9 Å². The smallest absolute Gasteiger partial charge is 0.123 e. The molecule has 5 heteroatoms. The van der Waals surface area contributed by atoms with E-state index in [0.717, 1.165) is 23.0 Å². The largest absolute Gasteiger partial charge is 0.463 e. The summed E-state index contributed by atoms with van der Waals surface area (Å²) in [7, 11) is 0. The summed E-state index contributed by atoms with van der Waals surface area (Å²) < 4.78 is 5.66. The molecule has 0 radical (unpaired) electrons. The molecule has 2 rings (SSSR count). The molecule has 0 saturated carbocycles. The van der Waals surface area contributed by atoms with Gasteiger partial charge in [0.15, 0.2) is 0 Å². The van der Waals surface area contributed by atoms with Gasteiger partial charge in [0.2, 0.25) is 0 Å². The minimum Gasteiger partial charge on any atom is -0.463 e. The lowest BCUT2D eigenvalue weighted by atomic mass is 10.3. The fourth-order valence-electron chi connectivity index (χ4n) is 1.58. The summed E-state index contributed by atoms with van der Waals surface area (Å²) in [5.41, 5.74) is 0.739. The number of thioether (sulfide) groups is 1. The van der Waals surface area contributed by atoms with E-state index in [1.807, 2.05) is 24.5 Å². The van der Waals surface area contributed by atoms with Gasteiger partial charge in [-0.3, -0.25) is 0 Å². The molecule has 1 aromatic carbocycles. The van der Waals surface area contributed by atoms with Crippen LogP contribution in [0.25, 0.3) is 0 Å². The highest BCUT2D eigenvalue weighted by Crippen LogP contribution is 2.30. The van der Waals surface area contributed by atoms with Crippen molar-refractivity contribution < 1.29 is 4.42 Å². The van der Waals surface area contributed by atoms with Crippen molar-refractivity contribution in [2.24, 2.45) is 0 Å². The molecule has 0 saturated heterocycles. The van der Waals surface area contributed by atoms with Crippen molar-refractivity contribution in [3.63, 3.8) is 0 Å². The molecule has 0 aliphatic carbocycles. The summed E-state index contributed by atoms with van der Waals surface area (Å²) >= 11 is 13.9. The van der Waals surface area contributed by atoms with Gasteiger partial charge >= 0.3 is 0 Å². The molecule has 0 aliphatic rings. The molecule has 2 aromatic rings. The van der Waals surface area contributed by atoms with Gasteiger partial charge in [-0.05, 0) is 30.5 Å². The first-order valence-corrected chi connectivity index (χ1v) is 7.60. The van der Waals surface area contributed by atoms with Crippen molar-refractivity contribution in [3.8, 4) is 0 Å². The maximum absolute atomic E-state index is 6.07. The molecule has 18 heavy (non-hydrogen) atoms. The first-order chi connectivity index (χ1) is 8.70. The lowest BCUT2D eigenvalue weighted by molar-refractivity contribution is 0.487. The van der Waals surface area contributed by atoms with Gasteiger partial charge in [0.25, 0.3) is 0 Å². The maximum atomic E-state index is 6.07. The van der Waals surface area contributed by atoms with Gasteiger partial charge < -0.3 is 9.73 Å². The van der Waals surface area contributed by atoms with Crippen LogP contribution in [0.5, 0.6) is 0 Å². The SMILES string of the molecule is CSCc1ccc(CNc2c(Cl)cccc2Cl)o1. The number of anilines is 1. The van der Waals surface area contributed by atoms with Crippen molar-refractivity contribution in [2.45, 2.75) is 12.3 Å². The van der Waals surface area contributed by atoms with E-state index in [4.69, 9.17) is 27.6 Å². The van der Waals surface area contributed by atoms with E-state index in [1.165, 1.54) is 0 Å². The Hall–Kier alpha value is -0.770. The molecular weight excluding hydrogens is 289 g/mol. The van der Waals surface area contributed by atoms with Crippen LogP contribution in [-0.4, -0.2) is 6.26 Å². The van der Waals surface area contributed by atoms with Gasteiger partial charge in [-0.2, -0.15) is 11.8 Å². The quantitative estimate of drug-likeness (QED) is 0.835. The van der Waals surface area contributed by atoms with Crippen LogP contribution in [0.1, 0.15) is 11.5 Å². The first-order valence-electron chi connectivity index (χ1n) is 5.45. The second-order valence-electron chi connectivity index (χ2n) is 3.75. The second-order valence-corrected chi connectivity index (χ2v) is 5.43. The van der Waals surface area contributed by atoms with E-state index >= 15 is 0 Å². The van der Waals surface area contributed by atoms with Gasteiger partial charge in [-0.15, -0.1) is 0 Å². The van der Waals surface area contributed by atoms with E-state index in [2.05, 4.69) is 5.32 Å². The van der Waals surface area contributed by atoms with E-state index < -0.39 is 0 Å². The average molecular weight is 302 g/mol. The van der Waals surface area contributed by atoms with Gasteiger partial charge in [-0.25, -0.2) is 0 Å². The Balaban J connectivity index is 2.02. The number of hydrogen-bond acceptors (Lipinski definition) is 3. The summed E-state index contributed by atoms with van der Waals surface area (Å²) in [5.74, 6) is 2.73. The lowest BCUT2D eigenvalue weighted by Crippen LogP contribution is -1.99. The monoisotopic (exact) mass is 301 g/mol. The zero-order valence-corrected chi connectivity index (χ0v) is 12.2. The molecule has 0 fully saturated rings. The molecule has 1 heterocycles. The molecule has 0 aliphatic heterocycles. The predicted molar refractivity (Wildman–Crippen MR) is 79.7 cm³/mol. The van der Waals surface area contributed by atoms with Crippen LogP contribution in [-0.2, 0) is 12.3 Å². The molecule has 96 valence electrons. The molecule has 1 aromatic heterocycles. The zero-order valence-electron chi connectivity index (χ0n) is 9.87. The van der Waals surface area contributed by atoms with Crippen LogP contribution in [0.4, 0.5) is 5.69 Å². The Kier molecular flexibility index (Phi) is 4.87. The van der Waals surface area contributed by atoms with Crippen LogP contribution in [0.15, 0.2) is 34.7 Å². The van der Waals surface area contributed by atoms with Gasteiger partial charge in [-0.1, -0.05) is 29.3 Å². The van der Waals surface area contributed by atoms with E-state index in [0.29, 0.717) is 16.6 Å². The van der Waals surface area contributed by atoms with Crippen molar-refractivity contribution in [2.75, 3.05) is 11.6 Å². The van der Waals surface area contributed by atoms with Crippen LogP contribution in [0, 0.1) is 0 Å². The van der Waals surface area contributed by atoms with Crippen molar-refractivity contribution in [1.29, 1.82) is 0 Å². The van der Waals surface area contributed by atoms with E-state index in [-0.39, 0.29) is 0 Å². The van der Waals surface area contributed by atoms with Crippen LogP contribution < -0.4 is 5.32 Å². The molecule has 1 N–H and O–H groups in total. The lowest BCUT2D eigenvalue weighted by Gasteiger charge is -2.08. The number of benzene rings is 1. The zero-order chi connectivity index (χ0) is 13.0. The molecule has 0 unspecified atom stereocenters. The average Bonchev–Trinajstić information content (AvgIpc) is 2.77. The van der Waals surface area contributed by atoms with Crippen molar-refractivity contribution >= 4 is 40.7 Å². The van der Waals surface area contributed by atoms with Gasteiger partial charge in [0, 0.05) is 0 Å². The highest BCUT2D eigenvalue weighted by atomic mass is 35.5. The molecule has 0 atom stereocenters. The third kappa shape index (κ3) is 3.37. The second kappa shape index (κ2) is 6.41. The summed E-state index contributed by atoms with van der Waals surface area (Å²) in [6, 6.07) is 9.37. The summed E-state index contributed by atoms with van der Waals surface area (Å²) in [6.07, 6.45) is 2.05. The number of furan rings is 1. The molecular formula is C13H13Cl2NOS. The molecule has 2 nitrogen and oxygen atoms in total. The minimum atomic E-state index is 0.567. The molecule has 0 bridgehead atoms. The maximum Gasteiger partial charge on any atom is 0.123 e. The number of nitrogens with one attached hydrogen (secondary N) is 1. The number of para-hydroxylation sites is 1. The number of hydrogen-bond donors (Lipinski definition) is 1. The molecule has 0 amide bonds. The fraction of sp³-hybridized carbons (Fsp3) is 0.231. The Morgan fingerprint density at radius 3 is 2.44 bits per heavy atom. The fourth-order valence-corrected chi connectivity index (χ4v) is 2.55. The minimum absolute atomic E-state index is 0.567. The Morgan fingerprint density at radius 1 is 1.11 bits per heavy atom. The van der Waals surface area contributed by atoms with Crippen LogP contribution in [0.3, 0.4) is 0 Å². The standard InChI is InChI=1S/C13H13Cl2NOS/c1-18-8-10-6-5-9(17-10)7-16-13-11(14)3-2-4-12(13)15/h2-6,16H,7-8H2,1H3. The predicted octanol–water partition coefficient (Wildman–Crippen LogP) is 5.06. The van der Waals surface area contributed by atoms with Gasteiger partial charge in [0.1, 0.15) is 11.5 Å². The first kappa shape index (κ1) is 13.7. The third-order valence-corrected chi connectivity index (χ3v) is 3.61. The summed E-state index contributed by atoms with van der Waals surface area (Å²) in [6.45, 7) is 0.567. The Morgan fingerprint density at radius 2 is 1.78 bits per heavy atom. The Labute approximate surface area is 121 Å². The third-order valence-electron chi connectivity index (χ3n) is 2.41. The number of rotatable bonds is 5. The number of halogens is 2. The topological polar surface area (TPSA) is 25.2 Å².